The molecule has 0 aliphatic heterocycles. The number of anilines is 1. The summed E-state index contributed by atoms with van der Waals surface area (Å²) in [4.78, 5) is 9.68. The maximum Gasteiger partial charge on any atom is 0.139 e. The lowest BCUT2D eigenvalue weighted by Gasteiger charge is -2.01. The molecule has 0 atom stereocenters. The van der Waals surface area contributed by atoms with Gasteiger partial charge in [0, 0.05) is 29.2 Å². The van der Waals surface area contributed by atoms with Crippen LogP contribution < -0.4 is 5.73 Å². The minimum atomic E-state index is 0.715. The topological polar surface area (TPSA) is 56.2 Å². The van der Waals surface area contributed by atoms with Gasteiger partial charge in [-0.05, 0) is 24.6 Å². The standard InChI is InChI=1S/C14H14N4S/c1-10-3-2-6-18-8-11(17-14(10)18)9-19-13-4-5-16-7-12(13)15/h2-8H,9,15H2,1H3. The van der Waals surface area contributed by atoms with Gasteiger partial charge in [-0.15, -0.1) is 11.8 Å². The number of pyridine rings is 2. The van der Waals surface area contributed by atoms with Crippen molar-refractivity contribution in [3.63, 3.8) is 0 Å². The largest absolute Gasteiger partial charge is 0.397 e. The van der Waals surface area contributed by atoms with Crippen molar-refractivity contribution in [2.45, 2.75) is 17.6 Å². The monoisotopic (exact) mass is 270 g/mol. The van der Waals surface area contributed by atoms with Crippen molar-refractivity contribution in [3.05, 3.63) is 54.2 Å². The summed E-state index contributed by atoms with van der Waals surface area (Å²) in [7, 11) is 0. The first-order valence-corrected chi connectivity index (χ1v) is 6.98. The Morgan fingerprint density at radius 2 is 2.26 bits per heavy atom. The van der Waals surface area contributed by atoms with Gasteiger partial charge in [0.25, 0.3) is 0 Å². The first-order valence-electron chi connectivity index (χ1n) is 5.99. The lowest BCUT2D eigenvalue weighted by Crippen LogP contribution is -1.89. The summed E-state index contributed by atoms with van der Waals surface area (Å²) in [6.45, 7) is 2.07. The molecule has 0 fully saturated rings. The molecule has 5 heteroatoms. The second kappa shape index (κ2) is 4.93. The van der Waals surface area contributed by atoms with Crippen LogP contribution in [0.15, 0.2) is 47.9 Å². The molecule has 3 rings (SSSR count). The van der Waals surface area contributed by atoms with E-state index in [0.29, 0.717) is 5.69 Å². The molecule has 0 amide bonds. The maximum absolute atomic E-state index is 5.87. The number of fused-ring (bicyclic) bond motifs is 1. The summed E-state index contributed by atoms with van der Waals surface area (Å²) in [6, 6.07) is 6.03. The molecule has 0 aromatic carbocycles. The summed E-state index contributed by atoms with van der Waals surface area (Å²) in [5, 5.41) is 0. The van der Waals surface area contributed by atoms with E-state index < -0.39 is 0 Å². The van der Waals surface area contributed by atoms with Gasteiger partial charge < -0.3 is 10.1 Å². The molecule has 0 spiro atoms. The molecule has 0 bridgehead atoms. The number of rotatable bonds is 3. The van der Waals surface area contributed by atoms with Crippen molar-refractivity contribution < 1.29 is 0 Å². The Morgan fingerprint density at radius 1 is 1.37 bits per heavy atom. The van der Waals surface area contributed by atoms with Crippen molar-refractivity contribution in [3.8, 4) is 0 Å². The van der Waals surface area contributed by atoms with Gasteiger partial charge in [0.05, 0.1) is 17.6 Å². The van der Waals surface area contributed by atoms with E-state index in [0.717, 1.165) is 22.0 Å². The zero-order valence-corrected chi connectivity index (χ0v) is 11.4. The number of aryl methyl sites for hydroxylation is 1. The van der Waals surface area contributed by atoms with Crippen LogP contribution in [0.5, 0.6) is 0 Å². The molecule has 0 radical (unpaired) electrons. The predicted octanol–water partition coefficient (Wildman–Crippen LogP) is 2.91. The maximum atomic E-state index is 5.87. The molecule has 2 N–H and O–H groups in total. The average Bonchev–Trinajstić information content (AvgIpc) is 2.82. The SMILES string of the molecule is Cc1cccn2cc(CSc3ccncc3N)nc12. The Morgan fingerprint density at radius 3 is 3.05 bits per heavy atom. The highest BCUT2D eigenvalue weighted by atomic mass is 32.2. The van der Waals surface area contributed by atoms with Gasteiger partial charge in [0.15, 0.2) is 0 Å². The highest BCUT2D eigenvalue weighted by Gasteiger charge is 2.05. The zero-order valence-electron chi connectivity index (χ0n) is 10.6. The molecule has 0 saturated carbocycles. The van der Waals surface area contributed by atoms with Gasteiger partial charge in [0.1, 0.15) is 5.65 Å². The third-order valence-electron chi connectivity index (χ3n) is 2.91. The van der Waals surface area contributed by atoms with Crippen molar-refractivity contribution in [1.29, 1.82) is 0 Å². The molecule has 0 aliphatic carbocycles. The molecule has 96 valence electrons. The van der Waals surface area contributed by atoms with Crippen LogP contribution in [0.3, 0.4) is 0 Å². The number of hydrogen-bond donors (Lipinski definition) is 1. The van der Waals surface area contributed by atoms with E-state index in [-0.39, 0.29) is 0 Å². The van der Waals surface area contributed by atoms with Gasteiger partial charge in [0.2, 0.25) is 0 Å². The van der Waals surface area contributed by atoms with Crippen LogP contribution in [0.4, 0.5) is 5.69 Å². The fraction of sp³-hybridized carbons (Fsp3) is 0.143. The Labute approximate surface area is 115 Å². The van der Waals surface area contributed by atoms with E-state index in [2.05, 4.69) is 33.6 Å². The van der Waals surface area contributed by atoms with Crippen molar-refractivity contribution in [2.24, 2.45) is 0 Å². The summed E-state index contributed by atoms with van der Waals surface area (Å²) < 4.78 is 2.06. The Balaban J connectivity index is 1.83. The lowest BCUT2D eigenvalue weighted by molar-refractivity contribution is 1.16. The van der Waals surface area contributed by atoms with Gasteiger partial charge in [-0.25, -0.2) is 4.98 Å². The number of aromatic nitrogens is 3. The molecule has 3 aromatic rings. The number of nitrogens with two attached hydrogens (primary N) is 1. The second-order valence-corrected chi connectivity index (χ2v) is 5.37. The number of nitrogen functional groups attached to an aromatic ring is 1. The fourth-order valence-corrected chi connectivity index (χ4v) is 2.77. The molecule has 3 heterocycles. The molecule has 19 heavy (non-hydrogen) atoms. The number of hydrogen-bond acceptors (Lipinski definition) is 4. The van der Waals surface area contributed by atoms with Crippen LogP contribution in [0.1, 0.15) is 11.3 Å². The van der Waals surface area contributed by atoms with Crippen molar-refractivity contribution in [2.75, 3.05) is 5.73 Å². The predicted molar refractivity (Wildman–Crippen MR) is 78.1 cm³/mol. The molecular formula is C14H14N4S. The van der Waals surface area contributed by atoms with E-state index in [1.165, 1.54) is 5.56 Å². The van der Waals surface area contributed by atoms with Crippen LogP contribution >= 0.6 is 11.8 Å². The van der Waals surface area contributed by atoms with Gasteiger partial charge in [-0.1, -0.05) is 6.07 Å². The minimum absolute atomic E-state index is 0.715. The van der Waals surface area contributed by atoms with Crippen LogP contribution in [0.25, 0.3) is 5.65 Å². The molecular weight excluding hydrogens is 256 g/mol. The summed E-state index contributed by atoms with van der Waals surface area (Å²) in [5.41, 5.74) is 9.84. The van der Waals surface area contributed by atoms with Crippen LogP contribution in [-0.2, 0) is 5.75 Å². The third kappa shape index (κ3) is 2.42. The smallest absolute Gasteiger partial charge is 0.139 e. The quantitative estimate of drug-likeness (QED) is 0.743. The van der Waals surface area contributed by atoms with E-state index >= 15 is 0 Å². The van der Waals surface area contributed by atoms with E-state index in [4.69, 9.17) is 5.73 Å². The first kappa shape index (κ1) is 12.0. The van der Waals surface area contributed by atoms with E-state index in [9.17, 15) is 0 Å². The summed E-state index contributed by atoms with van der Waals surface area (Å²) >= 11 is 1.68. The summed E-state index contributed by atoms with van der Waals surface area (Å²) in [5.74, 6) is 0.801. The average molecular weight is 270 g/mol. The van der Waals surface area contributed by atoms with Gasteiger partial charge >= 0.3 is 0 Å². The third-order valence-corrected chi connectivity index (χ3v) is 4.04. The number of nitrogens with zero attached hydrogens (tertiary/aromatic N) is 3. The first-order chi connectivity index (χ1) is 9.24. The lowest BCUT2D eigenvalue weighted by atomic mass is 10.3. The summed E-state index contributed by atoms with van der Waals surface area (Å²) in [6.07, 6.45) is 7.51. The van der Waals surface area contributed by atoms with Crippen LogP contribution in [-0.4, -0.2) is 14.4 Å². The molecule has 0 unspecified atom stereocenters. The normalized spacial score (nSPS) is 11.0. The molecule has 3 aromatic heterocycles. The van der Waals surface area contributed by atoms with Gasteiger partial charge in [-0.3, -0.25) is 4.98 Å². The highest BCUT2D eigenvalue weighted by Crippen LogP contribution is 2.27. The number of imidazole rings is 1. The highest BCUT2D eigenvalue weighted by molar-refractivity contribution is 7.98. The number of thioether (sulfide) groups is 1. The molecule has 4 nitrogen and oxygen atoms in total. The minimum Gasteiger partial charge on any atom is -0.397 e. The fourth-order valence-electron chi connectivity index (χ4n) is 1.95. The Bertz CT molecular complexity index is 720. The molecule has 0 aliphatic rings. The van der Waals surface area contributed by atoms with Crippen LogP contribution in [0.2, 0.25) is 0 Å². The Hall–Kier alpha value is -2.01. The van der Waals surface area contributed by atoms with Crippen molar-refractivity contribution >= 4 is 23.1 Å². The van der Waals surface area contributed by atoms with Gasteiger partial charge in [-0.2, -0.15) is 0 Å². The van der Waals surface area contributed by atoms with Crippen molar-refractivity contribution in [1.82, 2.24) is 14.4 Å². The van der Waals surface area contributed by atoms with Crippen LogP contribution in [0, 0.1) is 6.92 Å². The second-order valence-electron chi connectivity index (χ2n) is 4.36. The van der Waals surface area contributed by atoms with E-state index in [1.54, 1.807) is 24.2 Å². The molecule has 0 saturated heterocycles. The van der Waals surface area contributed by atoms with E-state index in [1.807, 2.05) is 18.3 Å². The Kier molecular flexibility index (Phi) is 3.13. The zero-order chi connectivity index (χ0) is 13.2.